The summed E-state index contributed by atoms with van der Waals surface area (Å²) < 4.78 is 4.34. The van der Waals surface area contributed by atoms with Gasteiger partial charge >= 0.3 is 11.9 Å². The SMILES string of the molecule is C=CC(O)OC(=O)C(=CC(=O)O)C(O)C=C. The maximum absolute atomic E-state index is 11.3. The number of ether oxygens (including phenoxy) is 1. The van der Waals surface area contributed by atoms with Crippen LogP contribution in [0.4, 0.5) is 0 Å². The maximum atomic E-state index is 11.3. The Morgan fingerprint density at radius 1 is 1.19 bits per heavy atom. The lowest BCUT2D eigenvalue weighted by molar-refractivity contribution is -0.157. The van der Waals surface area contributed by atoms with E-state index in [9.17, 15) is 14.7 Å². The fraction of sp³-hybridized carbons (Fsp3) is 0.200. The number of carboxylic acid groups (broad SMARTS) is 1. The van der Waals surface area contributed by atoms with Crippen LogP contribution in [0.5, 0.6) is 0 Å². The Morgan fingerprint density at radius 2 is 1.75 bits per heavy atom. The van der Waals surface area contributed by atoms with Gasteiger partial charge < -0.3 is 20.1 Å². The highest BCUT2D eigenvalue weighted by atomic mass is 16.6. The molecule has 0 rings (SSSR count). The van der Waals surface area contributed by atoms with Crippen molar-refractivity contribution in [1.82, 2.24) is 0 Å². The zero-order valence-corrected chi connectivity index (χ0v) is 8.37. The predicted octanol–water partition coefficient (Wildman–Crippen LogP) is -0.408. The molecule has 0 aromatic heterocycles. The first-order chi connectivity index (χ1) is 7.42. The Balaban J connectivity index is 4.90. The first-order valence-corrected chi connectivity index (χ1v) is 4.19. The second-order valence-electron chi connectivity index (χ2n) is 2.65. The number of aliphatic hydroxyl groups is 2. The Morgan fingerprint density at radius 3 is 2.12 bits per heavy atom. The number of aliphatic hydroxyl groups excluding tert-OH is 2. The minimum atomic E-state index is -1.57. The lowest BCUT2D eigenvalue weighted by atomic mass is 10.1. The molecule has 0 aliphatic rings. The lowest BCUT2D eigenvalue weighted by Crippen LogP contribution is -2.23. The van der Waals surface area contributed by atoms with Gasteiger partial charge in [0.25, 0.3) is 0 Å². The molecule has 2 atom stereocenters. The molecular weight excluding hydrogens is 216 g/mol. The molecule has 0 aromatic carbocycles. The zero-order chi connectivity index (χ0) is 12.7. The fourth-order valence-electron chi connectivity index (χ4n) is 0.751. The highest BCUT2D eigenvalue weighted by Crippen LogP contribution is 2.08. The average Bonchev–Trinajstić information content (AvgIpc) is 2.24. The Kier molecular flexibility index (Phi) is 5.76. The van der Waals surface area contributed by atoms with Gasteiger partial charge in [-0.3, -0.25) is 0 Å². The number of rotatable bonds is 6. The number of esters is 1. The van der Waals surface area contributed by atoms with Gasteiger partial charge in [0, 0.05) is 6.08 Å². The number of aliphatic carboxylic acids is 1. The van der Waals surface area contributed by atoms with Crippen molar-refractivity contribution in [3.05, 3.63) is 37.0 Å². The summed E-state index contributed by atoms with van der Waals surface area (Å²) >= 11 is 0. The van der Waals surface area contributed by atoms with Crippen LogP contribution in [0.2, 0.25) is 0 Å². The minimum Gasteiger partial charge on any atom is -0.478 e. The molecule has 6 nitrogen and oxygen atoms in total. The van der Waals surface area contributed by atoms with E-state index in [0.29, 0.717) is 6.08 Å². The van der Waals surface area contributed by atoms with Crippen molar-refractivity contribution in [2.75, 3.05) is 0 Å². The lowest BCUT2D eigenvalue weighted by Gasteiger charge is -2.12. The quantitative estimate of drug-likeness (QED) is 0.247. The van der Waals surface area contributed by atoms with Crippen molar-refractivity contribution in [3.63, 3.8) is 0 Å². The van der Waals surface area contributed by atoms with Crippen molar-refractivity contribution in [3.8, 4) is 0 Å². The van der Waals surface area contributed by atoms with Gasteiger partial charge in [-0.25, -0.2) is 9.59 Å². The first-order valence-electron chi connectivity index (χ1n) is 4.19. The smallest absolute Gasteiger partial charge is 0.339 e. The molecule has 0 bridgehead atoms. The fourth-order valence-corrected chi connectivity index (χ4v) is 0.751. The topological polar surface area (TPSA) is 104 Å². The number of hydrogen-bond acceptors (Lipinski definition) is 5. The zero-order valence-electron chi connectivity index (χ0n) is 8.37. The molecule has 3 N–H and O–H groups in total. The molecule has 0 saturated carbocycles. The van der Waals surface area contributed by atoms with Crippen LogP contribution in [0.15, 0.2) is 37.0 Å². The summed E-state index contributed by atoms with van der Waals surface area (Å²) in [4.78, 5) is 21.7. The van der Waals surface area contributed by atoms with Gasteiger partial charge in [-0.2, -0.15) is 0 Å². The van der Waals surface area contributed by atoms with Gasteiger partial charge in [-0.15, -0.1) is 6.58 Å². The van der Waals surface area contributed by atoms with Crippen LogP contribution in [0.25, 0.3) is 0 Å². The van der Waals surface area contributed by atoms with Crippen LogP contribution in [-0.2, 0) is 14.3 Å². The van der Waals surface area contributed by atoms with E-state index in [4.69, 9.17) is 10.2 Å². The Hall–Kier alpha value is -1.92. The maximum Gasteiger partial charge on any atom is 0.339 e. The van der Waals surface area contributed by atoms with Crippen molar-refractivity contribution in [2.45, 2.75) is 12.4 Å². The van der Waals surface area contributed by atoms with E-state index in [2.05, 4.69) is 17.9 Å². The molecule has 0 heterocycles. The number of carbonyl (C=O) groups excluding carboxylic acids is 1. The molecular formula is C10H12O6. The van der Waals surface area contributed by atoms with E-state index in [0.717, 1.165) is 12.2 Å². The first kappa shape index (κ1) is 14.1. The Labute approximate surface area is 91.8 Å². The highest BCUT2D eigenvalue weighted by molar-refractivity contribution is 5.97. The van der Waals surface area contributed by atoms with Crippen molar-refractivity contribution < 1.29 is 29.6 Å². The molecule has 0 aromatic rings. The second-order valence-corrected chi connectivity index (χ2v) is 2.65. The van der Waals surface area contributed by atoms with Gasteiger partial charge in [0.05, 0.1) is 5.57 Å². The average molecular weight is 228 g/mol. The summed E-state index contributed by atoms with van der Waals surface area (Å²) in [5, 5.41) is 26.6. The minimum absolute atomic E-state index is 0.477. The van der Waals surface area contributed by atoms with Gasteiger partial charge in [-0.05, 0) is 6.08 Å². The number of carbonyl (C=O) groups is 2. The van der Waals surface area contributed by atoms with E-state index in [1.54, 1.807) is 0 Å². The van der Waals surface area contributed by atoms with Crippen molar-refractivity contribution in [2.24, 2.45) is 0 Å². The van der Waals surface area contributed by atoms with Gasteiger partial charge in [0.1, 0.15) is 6.10 Å². The number of hydrogen-bond donors (Lipinski definition) is 3. The van der Waals surface area contributed by atoms with Crippen molar-refractivity contribution in [1.29, 1.82) is 0 Å². The molecule has 0 radical (unpaired) electrons. The summed E-state index contributed by atoms with van der Waals surface area (Å²) in [7, 11) is 0. The van der Waals surface area contributed by atoms with E-state index >= 15 is 0 Å². The predicted molar refractivity (Wildman–Crippen MR) is 54.2 cm³/mol. The third kappa shape index (κ3) is 4.54. The summed E-state index contributed by atoms with van der Waals surface area (Å²) in [6, 6.07) is 0. The highest BCUT2D eigenvalue weighted by Gasteiger charge is 2.21. The van der Waals surface area contributed by atoms with E-state index in [1.807, 2.05) is 0 Å². The third-order valence-electron chi connectivity index (χ3n) is 1.49. The molecule has 0 amide bonds. The second kappa shape index (κ2) is 6.54. The number of carboxylic acids is 1. The molecule has 88 valence electrons. The third-order valence-corrected chi connectivity index (χ3v) is 1.49. The van der Waals surface area contributed by atoms with E-state index < -0.39 is 29.9 Å². The molecule has 0 spiro atoms. The summed E-state index contributed by atoms with van der Waals surface area (Å²) in [5.41, 5.74) is -0.539. The molecule has 0 fully saturated rings. The van der Waals surface area contributed by atoms with E-state index in [-0.39, 0.29) is 0 Å². The van der Waals surface area contributed by atoms with Crippen LogP contribution in [-0.4, -0.2) is 39.7 Å². The molecule has 0 saturated heterocycles. The Bertz CT molecular complexity index is 330. The largest absolute Gasteiger partial charge is 0.478 e. The van der Waals surface area contributed by atoms with Crippen LogP contribution in [0, 0.1) is 0 Å². The normalized spacial score (nSPS) is 14.8. The standard InChI is InChI=1S/C10H12O6/c1-3-7(11)6(5-8(12)13)10(15)16-9(14)4-2/h3-5,7,9,11,14H,1-2H2,(H,12,13). The van der Waals surface area contributed by atoms with Crippen molar-refractivity contribution >= 4 is 11.9 Å². The monoisotopic (exact) mass is 228 g/mol. The molecule has 0 aliphatic heterocycles. The van der Waals surface area contributed by atoms with Crippen LogP contribution in [0.1, 0.15) is 0 Å². The van der Waals surface area contributed by atoms with Crippen LogP contribution < -0.4 is 0 Å². The molecule has 2 unspecified atom stereocenters. The summed E-state index contributed by atoms with van der Waals surface area (Å²) in [6.45, 7) is 6.35. The summed E-state index contributed by atoms with van der Waals surface area (Å²) in [6.07, 6.45) is -0.695. The molecule has 16 heavy (non-hydrogen) atoms. The van der Waals surface area contributed by atoms with Crippen LogP contribution >= 0.6 is 0 Å². The van der Waals surface area contributed by atoms with Gasteiger partial charge in [0.2, 0.25) is 6.29 Å². The van der Waals surface area contributed by atoms with Gasteiger partial charge in [0.15, 0.2) is 0 Å². The van der Waals surface area contributed by atoms with Gasteiger partial charge in [-0.1, -0.05) is 12.7 Å². The van der Waals surface area contributed by atoms with Crippen LogP contribution in [0.3, 0.4) is 0 Å². The van der Waals surface area contributed by atoms with E-state index in [1.165, 1.54) is 0 Å². The summed E-state index contributed by atoms with van der Waals surface area (Å²) in [5.74, 6) is -2.59. The molecule has 6 heteroatoms. The molecule has 0 aliphatic carbocycles.